The number of methoxy groups -OCH3 is 1. The van der Waals surface area contributed by atoms with Crippen LogP contribution < -0.4 is 4.74 Å². The van der Waals surface area contributed by atoms with Crippen LogP contribution in [0.4, 0.5) is 0 Å². The molecule has 4 rings (SSSR count). The van der Waals surface area contributed by atoms with Gasteiger partial charge in [-0.05, 0) is 36.4 Å². The van der Waals surface area contributed by atoms with Gasteiger partial charge in [0.15, 0.2) is 0 Å². The second kappa shape index (κ2) is 7.34. The summed E-state index contributed by atoms with van der Waals surface area (Å²) in [5.74, 6) is 1.21. The standard InChI is InChI=1S/C19H13ClN2O3S2/c1-24-13-5-4-11-7-12(17(20)21-15(11)9-13)8-16-18(23)22(19(26)27-16)10-14-3-2-6-25-14/h2-9H,10H2,1H3/b16-8-. The fourth-order valence-electron chi connectivity index (χ4n) is 2.70. The van der Waals surface area contributed by atoms with Crippen molar-refractivity contribution in [2.45, 2.75) is 6.54 Å². The second-order valence-electron chi connectivity index (χ2n) is 5.77. The molecule has 3 aromatic rings. The van der Waals surface area contributed by atoms with Crippen LogP contribution in [0.5, 0.6) is 5.75 Å². The van der Waals surface area contributed by atoms with Gasteiger partial charge in [-0.2, -0.15) is 0 Å². The highest BCUT2D eigenvalue weighted by molar-refractivity contribution is 8.26. The van der Waals surface area contributed by atoms with Crippen molar-refractivity contribution in [3.05, 3.63) is 64.0 Å². The minimum atomic E-state index is -0.174. The zero-order valence-electron chi connectivity index (χ0n) is 14.1. The average Bonchev–Trinajstić information content (AvgIpc) is 3.26. The summed E-state index contributed by atoms with van der Waals surface area (Å²) in [4.78, 5) is 19.2. The van der Waals surface area contributed by atoms with Gasteiger partial charge in [0.2, 0.25) is 0 Å². The summed E-state index contributed by atoms with van der Waals surface area (Å²) in [6.07, 6.45) is 3.29. The normalized spacial score (nSPS) is 15.9. The molecule has 3 heterocycles. The Morgan fingerprint density at radius 3 is 2.96 bits per heavy atom. The fourth-order valence-corrected chi connectivity index (χ4v) is 4.15. The summed E-state index contributed by atoms with van der Waals surface area (Å²) >= 11 is 12.9. The number of benzene rings is 1. The Kier molecular flexibility index (Phi) is 4.90. The van der Waals surface area contributed by atoms with Crippen LogP contribution in [0.2, 0.25) is 5.15 Å². The number of halogens is 1. The summed E-state index contributed by atoms with van der Waals surface area (Å²) < 4.78 is 11.0. The van der Waals surface area contributed by atoms with E-state index in [1.165, 1.54) is 16.7 Å². The van der Waals surface area contributed by atoms with E-state index in [0.717, 1.165) is 10.9 Å². The van der Waals surface area contributed by atoms with Crippen LogP contribution in [0.3, 0.4) is 0 Å². The number of hydrogen-bond donors (Lipinski definition) is 0. The zero-order chi connectivity index (χ0) is 19.0. The van der Waals surface area contributed by atoms with Gasteiger partial charge in [0.05, 0.1) is 30.3 Å². The third-order valence-corrected chi connectivity index (χ3v) is 5.74. The summed E-state index contributed by atoms with van der Waals surface area (Å²) in [6, 6.07) is 11.0. The van der Waals surface area contributed by atoms with Crippen LogP contribution in [0.25, 0.3) is 17.0 Å². The number of furan rings is 1. The van der Waals surface area contributed by atoms with Gasteiger partial charge in [-0.25, -0.2) is 4.98 Å². The van der Waals surface area contributed by atoms with Crippen molar-refractivity contribution < 1.29 is 13.9 Å². The third-order valence-electron chi connectivity index (χ3n) is 4.06. The van der Waals surface area contributed by atoms with Gasteiger partial charge in [0.25, 0.3) is 5.91 Å². The molecule has 1 fully saturated rings. The van der Waals surface area contributed by atoms with Gasteiger partial charge in [0, 0.05) is 17.0 Å². The van der Waals surface area contributed by atoms with E-state index >= 15 is 0 Å². The molecular formula is C19H13ClN2O3S2. The van der Waals surface area contributed by atoms with Crippen molar-refractivity contribution in [3.63, 3.8) is 0 Å². The number of thiocarbonyl (C=S) groups is 1. The van der Waals surface area contributed by atoms with Gasteiger partial charge in [-0.3, -0.25) is 9.69 Å². The second-order valence-corrected chi connectivity index (χ2v) is 7.81. The molecule has 1 aliphatic heterocycles. The molecule has 27 heavy (non-hydrogen) atoms. The number of rotatable bonds is 4. The molecule has 1 amide bonds. The molecule has 8 heteroatoms. The van der Waals surface area contributed by atoms with Crippen molar-refractivity contribution in [3.8, 4) is 5.75 Å². The number of nitrogens with zero attached hydrogens (tertiary/aromatic N) is 2. The minimum Gasteiger partial charge on any atom is -0.497 e. The molecule has 5 nitrogen and oxygen atoms in total. The molecular weight excluding hydrogens is 404 g/mol. The van der Waals surface area contributed by atoms with E-state index in [-0.39, 0.29) is 5.91 Å². The number of carbonyl (C=O) groups excluding carboxylic acids is 1. The Hall–Kier alpha value is -2.35. The first-order chi connectivity index (χ1) is 13.0. The number of aromatic nitrogens is 1. The topological polar surface area (TPSA) is 55.6 Å². The summed E-state index contributed by atoms with van der Waals surface area (Å²) in [5.41, 5.74) is 1.38. The van der Waals surface area contributed by atoms with Crippen molar-refractivity contribution in [2.75, 3.05) is 7.11 Å². The first-order valence-corrected chi connectivity index (χ1v) is 9.57. The minimum absolute atomic E-state index is 0.174. The van der Waals surface area contributed by atoms with Gasteiger partial charge in [-0.15, -0.1) is 0 Å². The monoisotopic (exact) mass is 416 g/mol. The largest absolute Gasteiger partial charge is 0.497 e. The maximum Gasteiger partial charge on any atom is 0.266 e. The molecule has 0 atom stereocenters. The first-order valence-electron chi connectivity index (χ1n) is 7.97. The highest BCUT2D eigenvalue weighted by Crippen LogP contribution is 2.35. The van der Waals surface area contributed by atoms with E-state index in [9.17, 15) is 4.79 Å². The van der Waals surface area contributed by atoms with Gasteiger partial charge in [0.1, 0.15) is 21.0 Å². The lowest BCUT2D eigenvalue weighted by Crippen LogP contribution is -2.27. The van der Waals surface area contributed by atoms with Gasteiger partial charge in [-0.1, -0.05) is 35.6 Å². The molecule has 0 N–H and O–H groups in total. The molecule has 0 spiro atoms. The predicted octanol–water partition coefficient (Wildman–Crippen LogP) is 4.89. The Morgan fingerprint density at radius 1 is 1.37 bits per heavy atom. The van der Waals surface area contributed by atoms with Crippen LogP contribution >= 0.6 is 35.6 Å². The fraction of sp³-hybridized carbons (Fsp3) is 0.105. The van der Waals surface area contributed by atoms with Crippen molar-refractivity contribution in [1.29, 1.82) is 0 Å². The Balaban J connectivity index is 1.65. The van der Waals surface area contributed by atoms with E-state index in [0.29, 0.717) is 38.0 Å². The molecule has 0 bridgehead atoms. The summed E-state index contributed by atoms with van der Waals surface area (Å²) in [5, 5.41) is 1.21. The Morgan fingerprint density at radius 2 is 2.22 bits per heavy atom. The van der Waals surface area contributed by atoms with Gasteiger partial charge < -0.3 is 9.15 Å². The number of ether oxygens (including phenoxy) is 1. The van der Waals surface area contributed by atoms with Crippen molar-refractivity contribution in [2.24, 2.45) is 0 Å². The van der Waals surface area contributed by atoms with Crippen molar-refractivity contribution in [1.82, 2.24) is 9.88 Å². The zero-order valence-corrected chi connectivity index (χ0v) is 16.5. The van der Waals surface area contributed by atoms with Crippen molar-refractivity contribution >= 4 is 62.8 Å². The van der Waals surface area contributed by atoms with E-state index < -0.39 is 0 Å². The smallest absolute Gasteiger partial charge is 0.266 e. The lowest BCUT2D eigenvalue weighted by molar-refractivity contribution is -0.122. The van der Waals surface area contributed by atoms with Crippen LogP contribution in [0.1, 0.15) is 11.3 Å². The molecule has 0 aliphatic carbocycles. The quantitative estimate of drug-likeness (QED) is 0.343. The number of pyridine rings is 1. The molecule has 136 valence electrons. The van der Waals surface area contributed by atoms with Crippen LogP contribution in [0.15, 0.2) is 52.0 Å². The number of thioether (sulfide) groups is 1. The molecule has 2 aromatic heterocycles. The third kappa shape index (κ3) is 3.58. The van der Waals surface area contributed by atoms with E-state index in [4.69, 9.17) is 33.0 Å². The maximum absolute atomic E-state index is 12.7. The highest BCUT2D eigenvalue weighted by atomic mass is 35.5. The van der Waals surface area contributed by atoms with E-state index in [1.54, 1.807) is 31.6 Å². The number of amides is 1. The van der Waals surface area contributed by atoms with Crippen LogP contribution in [-0.4, -0.2) is 27.2 Å². The molecule has 1 aromatic carbocycles. The molecule has 0 radical (unpaired) electrons. The highest BCUT2D eigenvalue weighted by Gasteiger charge is 2.32. The lowest BCUT2D eigenvalue weighted by atomic mass is 10.1. The van der Waals surface area contributed by atoms with Crippen LogP contribution in [0, 0.1) is 0 Å². The van der Waals surface area contributed by atoms with Gasteiger partial charge >= 0.3 is 0 Å². The SMILES string of the molecule is COc1ccc2cc(/C=C3\SC(=S)N(Cc4ccco4)C3=O)c(Cl)nc2c1. The molecule has 0 unspecified atom stereocenters. The molecule has 1 aliphatic rings. The van der Waals surface area contributed by atoms with Crippen LogP contribution in [-0.2, 0) is 11.3 Å². The summed E-state index contributed by atoms with van der Waals surface area (Å²) in [7, 11) is 1.60. The first kappa shape index (κ1) is 18.0. The van der Waals surface area contributed by atoms with E-state index in [2.05, 4.69) is 4.98 Å². The number of hydrogen-bond acceptors (Lipinski definition) is 6. The van der Waals surface area contributed by atoms with E-state index in [1.807, 2.05) is 24.3 Å². The molecule has 0 saturated carbocycles. The summed E-state index contributed by atoms with van der Waals surface area (Å²) in [6.45, 7) is 0.304. The number of carbonyl (C=O) groups is 1. The maximum atomic E-state index is 12.7. The predicted molar refractivity (Wildman–Crippen MR) is 111 cm³/mol. The Labute approximate surface area is 169 Å². The Bertz CT molecular complexity index is 1080. The molecule has 1 saturated heterocycles. The average molecular weight is 417 g/mol. The lowest BCUT2D eigenvalue weighted by Gasteiger charge is -2.12. The number of fused-ring (bicyclic) bond motifs is 1.